The number of pyridine rings is 1. The van der Waals surface area contributed by atoms with Gasteiger partial charge in [0.25, 0.3) is 5.89 Å². The van der Waals surface area contributed by atoms with Gasteiger partial charge in [0.2, 0.25) is 5.91 Å². The lowest BCUT2D eigenvalue weighted by Crippen LogP contribution is -2.42. The highest BCUT2D eigenvalue weighted by atomic mass is 16.5. The first kappa shape index (κ1) is 16.6. The van der Waals surface area contributed by atoms with Crippen molar-refractivity contribution in [3.63, 3.8) is 0 Å². The van der Waals surface area contributed by atoms with E-state index in [-0.39, 0.29) is 11.8 Å². The normalized spacial score (nSPS) is 18.1. The average molecular weight is 328 g/mol. The van der Waals surface area contributed by atoms with Crippen LogP contribution in [-0.2, 0) is 11.2 Å². The number of rotatable bonds is 5. The van der Waals surface area contributed by atoms with Gasteiger partial charge in [-0.2, -0.15) is 4.98 Å². The van der Waals surface area contributed by atoms with Crippen molar-refractivity contribution in [2.45, 2.75) is 39.5 Å². The van der Waals surface area contributed by atoms with Gasteiger partial charge >= 0.3 is 0 Å². The van der Waals surface area contributed by atoms with Crippen molar-refractivity contribution in [3.8, 4) is 11.5 Å². The highest BCUT2D eigenvalue weighted by molar-refractivity contribution is 5.78. The van der Waals surface area contributed by atoms with Gasteiger partial charge in [0.1, 0.15) is 0 Å². The highest BCUT2D eigenvalue weighted by Gasteiger charge is 2.25. The number of carbonyl (C=O) groups excluding carboxylic acids is 1. The predicted molar refractivity (Wildman–Crippen MR) is 90.0 cm³/mol. The summed E-state index contributed by atoms with van der Waals surface area (Å²) in [5, 5.41) is 4.07. The molecule has 2 aromatic heterocycles. The monoisotopic (exact) mass is 328 g/mol. The minimum atomic E-state index is 0.0730. The molecule has 2 aromatic rings. The van der Waals surface area contributed by atoms with Crippen molar-refractivity contribution in [2.75, 3.05) is 13.1 Å². The van der Waals surface area contributed by atoms with Crippen LogP contribution >= 0.6 is 0 Å². The first-order valence-electron chi connectivity index (χ1n) is 8.65. The van der Waals surface area contributed by atoms with Crippen LogP contribution in [0.2, 0.25) is 0 Å². The van der Waals surface area contributed by atoms with Crippen molar-refractivity contribution in [1.29, 1.82) is 0 Å². The topological polar surface area (TPSA) is 72.1 Å². The lowest BCUT2D eigenvalue weighted by molar-refractivity contribution is -0.136. The maximum atomic E-state index is 12.2. The van der Waals surface area contributed by atoms with Crippen LogP contribution in [0.4, 0.5) is 0 Å². The molecule has 0 N–H and O–H groups in total. The van der Waals surface area contributed by atoms with E-state index >= 15 is 0 Å². The molecular formula is C18H24N4O2. The molecule has 128 valence electrons. The number of amides is 1. The summed E-state index contributed by atoms with van der Waals surface area (Å²) in [4.78, 5) is 22.6. The molecule has 6 nitrogen and oxygen atoms in total. The summed E-state index contributed by atoms with van der Waals surface area (Å²) >= 11 is 0. The Bertz CT molecular complexity index is 669. The molecule has 24 heavy (non-hydrogen) atoms. The lowest BCUT2D eigenvalue weighted by atomic mass is 9.92. The highest BCUT2D eigenvalue weighted by Crippen LogP contribution is 2.23. The quantitative estimate of drug-likeness (QED) is 0.844. The maximum absolute atomic E-state index is 12.2. The third-order valence-corrected chi connectivity index (χ3v) is 4.50. The molecule has 1 aliphatic rings. The van der Waals surface area contributed by atoms with Crippen molar-refractivity contribution in [1.82, 2.24) is 20.0 Å². The van der Waals surface area contributed by atoms with Gasteiger partial charge < -0.3 is 9.42 Å². The van der Waals surface area contributed by atoms with E-state index in [0.29, 0.717) is 11.8 Å². The molecular weight excluding hydrogens is 304 g/mol. The molecule has 1 atom stereocenters. The van der Waals surface area contributed by atoms with Crippen molar-refractivity contribution in [2.24, 2.45) is 11.8 Å². The summed E-state index contributed by atoms with van der Waals surface area (Å²) < 4.78 is 5.33. The first-order chi connectivity index (χ1) is 11.6. The van der Waals surface area contributed by atoms with Crippen LogP contribution in [0.1, 0.15) is 38.9 Å². The smallest absolute Gasteiger partial charge is 0.258 e. The Balaban J connectivity index is 1.54. The van der Waals surface area contributed by atoms with E-state index in [1.807, 2.05) is 30.9 Å². The Labute approximate surface area is 142 Å². The number of nitrogens with zero attached hydrogens (tertiary/aromatic N) is 4. The van der Waals surface area contributed by atoms with Crippen LogP contribution in [0.15, 0.2) is 29.0 Å². The summed E-state index contributed by atoms with van der Waals surface area (Å²) in [5.41, 5.74) is 0.884. The van der Waals surface area contributed by atoms with Gasteiger partial charge in [0.05, 0.1) is 0 Å². The van der Waals surface area contributed by atoms with E-state index < -0.39 is 0 Å². The zero-order valence-electron chi connectivity index (χ0n) is 14.3. The molecule has 1 fully saturated rings. The van der Waals surface area contributed by atoms with Gasteiger partial charge in [-0.05, 0) is 37.3 Å². The fourth-order valence-electron chi connectivity index (χ4n) is 3.17. The summed E-state index contributed by atoms with van der Waals surface area (Å²) in [6.45, 7) is 5.67. The first-order valence-corrected chi connectivity index (χ1v) is 8.65. The number of aryl methyl sites for hydroxylation is 1. The fraction of sp³-hybridized carbons (Fsp3) is 0.556. The molecule has 0 spiro atoms. The Hall–Kier alpha value is -2.24. The second kappa shape index (κ2) is 7.55. The number of hydrogen-bond donors (Lipinski definition) is 0. The van der Waals surface area contributed by atoms with Gasteiger partial charge in [0, 0.05) is 43.4 Å². The molecule has 0 saturated carbocycles. The molecule has 3 heterocycles. The van der Waals surface area contributed by atoms with Crippen LogP contribution in [-0.4, -0.2) is 39.0 Å². The van der Waals surface area contributed by atoms with E-state index in [2.05, 4.69) is 15.1 Å². The SMILES string of the molecule is CC(C)C(=O)N1CCCC(CCc2noc(-c3ccncc3)n2)C1. The molecule has 1 unspecified atom stereocenters. The minimum absolute atomic E-state index is 0.0730. The minimum Gasteiger partial charge on any atom is -0.342 e. The molecule has 6 heteroatoms. The second-order valence-electron chi connectivity index (χ2n) is 6.74. The van der Waals surface area contributed by atoms with Crippen molar-refractivity contribution >= 4 is 5.91 Å². The number of hydrogen-bond acceptors (Lipinski definition) is 5. The average Bonchev–Trinajstić information content (AvgIpc) is 3.09. The van der Waals surface area contributed by atoms with E-state index in [4.69, 9.17) is 4.52 Å². The fourth-order valence-corrected chi connectivity index (χ4v) is 3.17. The Morgan fingerprint density at radius 1 is 1.38 bits per heavy atom. The summed E-state index contributed by atoms with van der Waals surface area (Å²) in [7, 11) is 0. The third kappa shape index (κ3) is 3.99. The number of carbonyl (C=O) groups is 1. The van der Waals surface area contributed by atoms with Gasteiger partial charge in [-0.15, -0.1) is 0 Å². The van der Waals surface area contributed by atoms with Gasteiger partial charge in [-0.3, -0.25) is 9.78 Å². The molecule has 1 aliphatic heterocycles. The third-order valence-electron chi connectivity index (χ3n) is 4.50. The van der Waals surface area contributed by atoms with E-state index in [9.17, 15) is 4.79 Å². The van der Waals surface area contributed by atoms with Crippen LogP contribution in [0.5, 0.6) is 0 Å². The summed E-state index contributed by atoms with van der Waals surface area (Å²) in [6, 6.07) is 3.71. The largest absolute Gasteiger partial charge is 0.342 e. The zero-order chi connectivity index (χ0) is 16.9. The molecule has 0 bridgehead atoms. The molecule has 0 radical (unpaired) electrons. The predicted octanol–water partition coefficient (Wildman–Crippen LogP) is 2.96. The van der Waals surface area contributed by atoms with Gasteiger partial charge in [0.15, 0.2) is 5.82 Å². The Kier molecular flexibility index (Phi) is 5.23. The summed E-state index contributed by atoms with van der Waals surface area (Å²) in [5.74, 6) is 2.12. The number of aromatic nitrogens is 3. The molecule has 1 saturated heterocycles. The Morgan fingerprint density at radius 2 is 2.17 bits per heavy atom. The van der Waals surface area contributed by atoms with Crippen molar-refractivity contribution in [3.05, 3.63) is 30.4 Å². The Morgan fingerprint density at radius 3 is 2.92 bits per heavy atom. The second-order valence-corrected chi connectivity index (χ2v) is 6.74. The van der Waals surface area contributed by atoms with Crippen LogP contribution < -0.4 is 0 Å². The number of piperidine rings is 1. The van der Waals surface area contributed by atoms with Gasteiger partial charge in [-0.1, -0.05) is 19.0 Å². The number of likely N-dealkylation sites (tertiary alicyclic amines) is 1. The standard InChI is InChI=1S/C18H24N4O2/c1-13(2)18(23)22-11-3-4-14(12-22)5-6-16-20-17(24-21-16)15-7-9-19-10-8-15/h7-10,13-14H,3-6,11-12H2,1-2H3. The van der Waals surface area contributed by atoms with Gasteiger partial charge in [-0.25, -0.2) is 0 Å². The van der Waals surface area contributed by atoms with Crippen LogP contribution in [0, 0.1) is 11.8 Å². The molecule has 3 rings (SSSR count). The van der Waals surface area contributed by atoms with E-state index in [0.717, 1.165) is 50.2 Å². The molecule has 1 amide bonds. The van der Waals surface area contributed by atoms with E-state index in [1.165, 1.54) is 0 Å². The molecule has 0 aliphatic carbocycles. The maximum Gasteiger partial charge on any atom is 0.258 e. The summed E-state index contributed by atoms with van der Waals surface area (Å²) in [6.07, 6.45) is 7.43. The van der Waals surface area contributed by atoms with Crippen molar-refractivity contribution < 1.29 is 9.32 Å². The van der Waals surface area contributed by atoms with Crippen LogP contribution in [0.25, 0.3) is 11.5 Å². The van der Waals surface area contributed by atoms with E-state index in [1.54, 1.807) is 12.4 Å². The lowest BCUT2D eigenvalue weighted by Gasteiger charge is -2.33. The van der Waals surface area contributed by atoms with Crippen LogP contribution in [0.3, 0.4) is 0 Å². The zero-order valence-corrected chi connectivity index (χ0v) is 14.3. The molecule has 0 aromatic carbocycles.